The summed E-state index contributed by atoms with van der Waals surface area (Å²) in [4.78, 5) is 11.1. The fourth-order valence-electron chi connectivity index (χ4n) is 1.17. The topological polar surface area (TPSA) is 81.8 Å². The highest BCUT2D eigenvalue weighted by Crippen LogP contribution is 2.27. The Morgan fingerprint density at radius 1 is 1.47 bits per heavy atom. The van der Waals surface area contributed by atoms with E-state index >= 15 is 0 Å². The smallest absolute Gasteiger partial charge is 0.327 e. The lowest BCUT2D eigenvalue weighted by Crippen LogP contribution is -2.22. The number of phenols is 1. The number of rotatable bonds is 3. The summed E-state index contributed by atoms with van der Waals surface area (Å²) in [5.41, 5.74) is 5.87. The maximum Gasteiger partial charge on any atom is 0.327 e. The largest absolute Gasteiger partial charge is 0.507 e. The summed E-state index contributed by atoms with van der Waals surface area (Å²) < 4.78 is 9.37. The Morgan fingerprint density at radius 3 is 2.60 bits per heavy atom. The minimum absolute atomic E-state index is 0.0905. The third kappa shape index (κ3) is 2.38. The van der Waals surface area contributed by atoms with Crippen LogP contribution in [0.3, 0.4) is 0 Å². The van der Waals surface area contributed by atoms with Crippen molar-refractivity contribution >= 4 is 5.97 Å². The molecule has 0 aliphatic carbocycles. The number of carbonyl (C=O) groups is 1. The lowest BCUT2D eigenvalue weighted by molar-refractivity contribution is -0.142. The van der Waals surface area contributed by atoms with Crippen LogP contribution in [0.2, 0.25) is 0 Å². The summed E-state index contributed by atoms with van der Waals surface area (Å²) in [6.07, 6.45) is 0. The summed E-state index contributed by atoms with van der Waals surface area (Å²) in [5, 5.41) is 9.57. The molecule has 1 rings (SSSR count). The number of aromatic hydroxyl groups is 1. The van der Waals surface area contributed by atoms with Gasteiger partial charge in [-0.3, -0.25) is 4.79 Å². The SMILES string of the molecule is COC(=O)[C@@H](N)c1ccc(OC)cc1O. The molecule has 1 aromatic carbocycles. The van der Waals surface area contributed by atoms with Crippen LogP contribution in [0.1, 0.15) is 11.6 Å². The maximum absolute atomic E-state index is 11.1. The van der Waals surface area contributed by atoms with Gasteiger partial charge < -0.3 is 20.3 Å². The standard InChI is InChI=1S/C10H13NO4/c1-14-6-3-4-7(8(12)5-6)9(11)10(13)15-2/h3-5,9,12H,11H2,1-2H3/t9-/m0/s1. The maximum atomic E-state index is 11.1. The molecule has 0 aliphatic rings. The molecule has 0 heterocycles. The molecular weight excluding hydrogens is 198 g/mol. The first kappa shape index (κ1) is 11.3. The van der Waals surface area contributed by atoms with Gasteiger partial charge >= 0.3 is 5.97 Å². The van der Waals surface area contributed by atoms with Crippen molar-refractivity contribution in [3.63, 3.8) is 0 Å². The molecule has 5 heteroatoms. The zero-order chi connectivity index (χ0) is 11.4. The molecule has 0 bridgehead atoms. The number of carbonyl (C=O) groups excluding carboxylic acids is 1. The number of nitrogens with two attached hydrogens (primary N) is 1. The van der Waals surface area contributed by atoms with Crippen LogP contribution < -0.4 is 10.5 Å². The Bertz CT molecular complexity index is 364. The molecule has 1 aromatic rings. The van der Waals surface area contributed by atoms with Gasteiger partial charge in [0.1, 0.15) is 17.5 Å². The van der Waals surface area contributed by atoms with Gasteiger partial charge in [0, 0.05) is 11.6 Å². The molecule has 15 heavy (non-hydrogen) atoms. The third-order valence-electron chi connectivity index (χ3n) is 2.03. The van der Waals surface area contributed by atoms with Crippen LogP contribution in [-0.2, 0) is 9.53 Å². The summed E-state index contributed by atoms with van der Waals surface area (Å²) in [7, 11) is 2.72. The molecule has 0 fully saturated rings. The first-order chi connectivity index (χ1) is 7.10. The van der Waals surface area contributed by atoms with Crippen LogP contribution in [0, 0.1) is 0 Å². The Hall–Kier alpha value is -1.75. The molecule has 0 radical (unpaired) electrons. The van der Waals surface area contributed by atoms with Crippen LogP contribution >= 0.6 is 0 Å². The number of hydrogen-bond acceptors (Lipinski definition) is 5. The van der Waals surface area contributed by atoms with E-state index in [4.69, 9.17) is 10.5 Å². The number of ether oxygens (including phenoxy) is 2. The van der Waals surface area contributed by atoms with Crippen molar-refractivity contribution in [3.05, 3.63) is 23.8 Å². The van der Waals surface area contributed by atoms with Crippen LogP contribution in [-0.4, -0.2) is 25.3 Å². The third-order valence-corrected chi connectivity index (χ3v) is 2.03. The van der Waals surface area contributed by atoms with E-state index in [2.05, 4.69) is 4.74 Å². The fraction of sp³-hybridized carbons (Fsp3) is 0.300. The van der Waals surface area contributed by atoms with E-state index in [1.807, 2.05) is 0 Å². The zero-order valence-corrected chi connectivity index (χ0v) is 8.56. The minimum atomic E-state index is -0.985. The van der Waals surface area contributed by atoms with Gasteiger partial charge in [-0.05, 0) is 12.1 Å². The molecule has 0 spiro atoms. The monoisotopic (exact) mass is 211 g/mol. The van der Waals surface area contributed by atoms with Gasteiger partial charge in [0.15, 0.2) is 0 Å². The van der Waals surface area contributed by atoms with Crippen LogP contribution in [0.4, 0.5) is 0 Å². The van der Waals surface area contributed by atoms with Gasteiger partial charge in [0.05, 0.1) is 14.2 Å². The van der Waals surface area contributed by atoms with E-state index < -0.39 is 12.0 Å². The van der Waals surface area contributed by atoms with Crippen molar-refractivity contribution in [2.45, 2.75) is 6.04 Å². The summed E-state index contributed by atoms with van der Waals surface area (Å²) in [5.74, 6) is -0.198. The van der Waals surface area contributed by atoms with Crippen molar-refractivity contribution in [2.24, 2.45) is 5.73 Å². The van der Waals surface area contributed by atoms with Crippen molar-refractivity contribution in [2.75, 3.05) is 14.2 Å². The molecule has 0 unspecified atom stereocenters. The Balaban J connectivity index is 3.00. The molecule has 0 saturated heterocycles. The van der Waals surface area contributed by atoms with Crippen molar-refractivity contribution in [3.8, 4) is 11.5 Å². The number of benzene rings is 1. The molecule has 5 nitrogen and oxygen atoms in total. The molecular formula is C10H13NO4. The second kappa shape index (κ2) is 4.65. The number of hydrogen-bond donors (Lipinski definition) is 2. The Morgan fingerprint density at radius 2 is 2.13 bits per heavy atom. The molecule has 0 aromatic heterocycles. The van der Waals surface area contributed by atoms with Crippen LogP contribution in [0.5, 0.6) is 11.5 Å². The predicted molar refractivity (Wildman–Crippen MR) is 53.6 cm³/mol. The molecule has 82 valence electrons. The highest BCUT2D eigenvalue weighted by molar-refractivity contribution is 5.78. The normalized spacial score (nSPS) is 11.9. The summed E-state index contributed by atoms with van der Waals surface area (Å²) in [6, 6.07) is 3.53. The van der Waals surface area contributed by atoms with E-state index in [9.17, 15) is 9.90 Å². The fourth-order valence-corrected chi connectivity index (χ4v) is 1.17. The Kier molecular flexibility index (Phi) is 3.51. The van der Waals surface area contributed by atoms with Crippen LogP contribution in [0.15, 0.2) is 18.2 Å². The molecule has 0 saturated carbocycles. The predicted octanol–water partition coefficient (Wildman–Crippen LogP) is 0.574. The quantitative estimate of drug-likeness (QED) is 0.714. The van der Waals surface area contributed by atoms with Crippen molar-refractivity contribution in [1.82, 2.24) is 0 Å². The minimum Gasteiger partial charge on any atom is -0.507 e. The first-order valence-corrected chi connectivity index (χ1v) is 4.30. The molecule has 3 N–H and O–H groups in total. The number of methoxy groups -OCH3 is 2. The average Bonchev–Trinajstić information content (AvgIpc) is 2.26. The van der Waals surface area contributed by atoms with E-state index in [-0.39, 0.29) is 5.75 Å². The lowest BCUT2D eigenvalue weighted by Gasteiger charge is -2.12. The molecule has 1 atom stereocenters. The van der Waals surface area contributed by atoms with Crippen LogP contribution in [0.25, 0.3) is 0 Å². The van der Waals surface area contributed by atoms with Gasteiger partial charge in [-0.25, -0.2) is 0 Å². The van der Waals surface area contributed by atoms with Gasteiger partial charge in [-0.1, -0.05) is 0 Å². The first-order valence-electron chi connectivity index (χ1n) is 4.30. The number of phenolic OH excluding ortho intramolecular Hbond substituents is 1. The van der Waals surface area contributed by atoms with E-state index in [0.717, 1.165) is 0 Å². The van der Waals surface area contributed by atoms with Gasteiger partial charge in [0.25, 0.3) is 0 Å². The van der Waals surface area contributed by atoms with Gasteiger partial charge in [0.2, 0.25) is 0 Å². The Labute approximate surface area is 87.4 Å². The van der Waals surface area contributed by atoms with E-state index in [0.29, 0.717) is 11.3 Å². The van der Waals surface area contributed by atoms with Crippen molar-refractivity contribution in [1.29, 1.82) is 0 Å². The highest BCUT2D eigenvalue weighted by atomic mass is 16.5. The van der Waals surface area contributed by atoms with E-state index in [1.54, 1.807) is 6.07 Å². The highest BCUT2D eigenvalue weighted by Gasteiger charge is 2.19. The van der Waals surface area contributed by atoms with Crippen molar-refractivity contribution < 1.29 is 19.4 Å². The van der Waals surface area contributed by atoms with Gasteiger partial charge in [-0.15, -0.1) is 0 Å². The second-order valence-corrected chi connectivity index (χ2v) is 2.93. The molecule has 0 aliphatic heterocycles. The molecule has 0 amide bonds. The van der Waals surface area contributed by atoms with E-state index in [1.165, 1.54) is 26.4 Å². The second-order valence-electron chi connectivity index (χ2n) is 2.93. The lowest BCUT2D eigenvalue weighted by atomic mass is 10.1. The average molecular weight is 211 g/mol. The summed E-state index contributed by atoms with van der Waals surface area (Å²) in [6.45, 7) is 0. The summed E-state index contributed by atoms with van der Waals surface area (Å²) >= 11 is 0. The number of esters is 1. The zero-order valence-electron chi connectivity index (χ0n) is 8.56. The van der Waals surface area contributed by atoms with Gasteiger partial charge in [-0.2, -0.15) is 0 Å².